The number of rotatable bonds is 7. The molecule has 0 aliphatic carbocycles. The Balaban J connectivity index is 1.52. The molecule has 10 heteroatoms. The largest absolute Gasteiger partial charge is 0.454 e. The topological polar surface area (TPSA) is 126 Å². The number of fused-ring (bicyclic) bond motifs is 1. The van der Waals surface area contributed by atoms with Gasteiger partial charge in [0.25, 0.3) is 11.8 Å². The number of hydroxylamine groups is 1. The number of hydrogen-bond donors (Lipinski definition) is 4. The van der Waals surface area contributed by atoms with Crippen LogP contribution in [0.25, 0.3) is 0 Å². The highest BCUT2D eigenvalue weighted by molar-refractivity contribution is 6.02. The predicted octanol–water partition coefficient (Wildman–Crippen LogP) is 2.65. The van der Waals surface area contributed by atoms with Gasteiger partial charge in [0.1, 0.15) is 11.9 Å². The van der Waals surface area contributed by atoms with Crippen molar-refractivity contribution >= 4 is 23.4 Å². The predicted molar refractivity (Wildman–Crippen MR) is 118 cm³/mol. The fraction of sp³-hybridized carbons (Fsp3) is 0.125. The van der Waals surface area contributed by atoms with Crippen LogP contribution in [0.4, 0.5) is 10.1 Å². The van der Waals surface area contributed by atoms with Crippen LogP contribution >= 0.6 is 0 Å². The first kappa shape index (κ1) is 22.7. The van der Waals surface area contributed by atoms with Crippen LogP contribution in [-0.2, 0) is 11.2 Å². The molecule has 1 heterocycles. The molecule has 34 heavy (non-hydrogen) atoms. The highest BCUT2D eigenvalue weighted by Gasteiger charge is 2.24. The van der Waals surface area contributed by atoms with Crippen molar-refractivity contribution in [1.82, 2.24) is 10.8 Å². The molecule has 0 saturated carbocycles. The third kappa shape index (κ3) is 5.30. The Morgan fingerprint density at radius 3 is 2.38 bits per heavy atom. The van der Waals surface area contributed by atoms with Gasteiger partial charge in [0, 0.05) is 23.2 Å². The van der Waals surface area contributed by atoms with E-state index in [1.54, 1.807) is 18.2 Å². The molecule has 9 nitrogen and oxygen atoms in total. The van der Waals surface area contributed by atoms with E-state index < -0.39 is 29.6 Å². The molecule has 0 aromatic heterocycles. The number of nitrogens with one attached hydrogen (secondary N) is 3. The van der Waals surface area contributed by atoms with E-state index in [9.17, 15) is 18.8 Å². The molecule has 174 valence electrons. The maximum atomic E-state index is 13.7. The molecule has 4 rings (SSSR count). The first-order chi connectivity index (χ1) is 16.4. The average Bonchev–Trinajstić information content (AvgIpc) is 3.31. The summed E-state index contributed by atoms with van der Waals surface area (Å²) in [4.78, 5) is 37.4. The fourth-order valence-corrected chi connectivity index (χ4v) is 3.39. The van der Waals surface area contributed by atoms with Crippen molar-refractivity contribution in [3.8, 4) is 11.5 Å². The van der Waals surface area contributed by atoms with Crippen LogP contribution < -0.4 is 25.6 Å². The van der Waals surface area contributed by atoms with Gasteiger partial charge in [-0.2, -0.15) is 0 Å². The van der Waals surface area contributed by atoms with Gasteiger partial charge >= 0.3 is 0 Å². The van der Waals surface area contributed by atoms with Gasteiger partial charge in [0.15, 0.2) is 11.5 Å². The van der Waals surface area contributed by atoms with E-state index in [0.29, 0.717) is 22.7 Å². The van der Waals surface area contributed by atoms with Crippen LogP contribution in [0, 0.1) is 5.82 Å². The quantitative estimate of drug-likeness (QED) is 0.314. The average molecular weight is 465 g/mol. The molecule has 0 radical (unpaired) electrons. The Labute approximate surface area is 193 Å². The maximum Gasteiger partial charge on any atom is 0.274 e. The summed E-state index contributed by atoms with van der Waals surface area (Å²) in [7, 11) is 0. The Hall–Kier alpha value is -4.44. The molecule has 3 aromatic rings. The van der Waals surface area contributed by atoms with Crippen LogP contribution in [-0.4, -0.2) is 35.8 Å². The smallest absolute Gasteiger partial charge is 0.274 e. The van der Waals surface area contributed by atoms with Crippen molar-refractivity contribution in [3.05, 3.63) is 89.2 Å². The minimum absolute atomic E-state index is 0.0326. The molecule has 1 aliphatic rings. The molecule has 0 bridgehead atoms. The highest BCUT2D eigenvalue weighted by atomic mass is 19.1. The Morgan fingerprint density at radius 2 is 1.65 bits per heavy atom. The molecular formula is C24H20FN3O6. The molecule has 3 amide bonds. The minimum Gasteiger partial charge on any atom is -0.454 e. The zero-order valence-electron chi connectivity index (χ0n) is 17.7. The van der Waals surface area contributed by atoms with E-state index in [0.717, 1.165) is 0 Å². The summed E-state index contributed by atoms with van der Waals surface area (Å²) in [5.74, 6) is -1.29. The van der Waals surface area contributed by atoms with E-state index in [1.165, 1.54) is 54.0 Å². The number of amides is 3. The SMILES string of the molecule is O=C(NO)c1ccc(NC(=O)[C@H](Cc2cccc(F)c2)NC(=O)c2ccc3c(c2)OCO3)cc1. The van der Waals surface area contributed by atoms with Crippen LogP contribution in [0.3, 0.4) is 0 Å². The second-order valence-corrected chi connectivity index (χ2v) is 7.44. The van der Waals surface area contributed by atoms with Gasteiger partial charge in [-0.3, -0.25) is 19.6 Å². The number of ether oxygens (including phenoxy) is 2. The van der Waals surface area contributed by atoms with E-state index in [1.807, 2.05) is 0 Å². The first-order valence-electron chi connectivity index (χ1n) is 10.2. The molecule has 0 fully saturated rings. The summed E-state index contributed by atoms with van der Waals surface area (Å²) >= 11 is 0. The van der Waals surface area contributed by atoms with Gasteiger partial charge in [-0.15, -0.1) is 0 Å². The summed E-state index contributed by atoms with van der Waals surface area (Å²) < 4.78 is 24.2. The van der Waals surface area contributed by atoms with Crippen LogP contribution in [0.2, 0.25) is 0 Å². The van der Waals surface area contributed by atoms with Gasteiger partial charge in [0.05, 0.1) is 0 Å². The van der Waals surface area contributed by atoms with Crippen molar-refractivity contribution < 1.29 is 33.5 Å². The van der Waals surface area contributed by atoms with Crippen LogP contribution in [0.15, 0.2) is 66.7 Å². The van der Waals surface area contributed by atoms with Crippen molar-refractivity contribution in [2.45, 2.75) is 12.5 Å². The number of carbonyl (C=O) groups is 3. The van der Waals surface area contributed by atoms with E-state index >= 15 is 0 Å². The molecular weight excluding hydrogens is 445 g/mol. The summed E-state index contributed by atoms with van der Waals surface area (Å²) in [6.07, 6.45) is 0.0326. The van der Waals surface area contributed by atoms with E-state index in [4.69, 9.17) is 14.7 Å². The normalized spacial score (nSPS) is 12.5. The van der Waals surface area contributed by atoms with Gasteiger partial charge in [0.2, 0.25) is 12.7 Å². The number of hydrogen-bond acceptors (Lipinski definition) is 6. The molecule has 3 aromatic carbocycles. The second-order valence-electron chi connectivity index (χ2n) is 7.44. The Bertz CT molecular complexity index is 1230. The lowest BCUT2D eigenvalue weighted by molar-refractivity contribution is -0.118. The van der Waals surface area contributed by atoms with Gasteiger partial charge in [-0.1, -0.05) is 12.1 Å². The zero-order chi connectivity index (χ0) is 24.1. The number of carbonyl (C=O) groups excluding carboxylic acids is 3. The van der Waals surface area contributed by atoms with Gasteiger partial charge in [-0.05, 0) is 60.2 Å². The zero-order valence-corrected chi connectivity index (χ0v) is 17.7. The maximum absolute atomic E-state index is 13.7. The highest BCUT2D eigenvalue weighted by Crippen LogP contribution is 2.32. The van der Waals surface area contributed by atoms with Crippen molar-refractivity contribution in [3.63, 3.8) is 0 Å². The molecule has 4 N–H and O–H groups in total. The molecule has 0 saturated heterocycles. The van der Waals surface area contributed by atoms with Crippen molar-refractivity contribution in [1.29, 1.82) is 0 Å². The van der Waals surface area contributed by atoms with Crippen LogP contribution in [0.5, 0.6) is 11.5 Å². The lowest BCUT2D eigenvalue weighted by Crippen LogP contribution is -2.45. The second kappa shape index (κ2) is 10.0. The van der Waals surface area contributed by atoms with Crippen molar-refractivity contribution in [2.24, 2.45) is 0 Å². The number of benzene rings is 3. The summed E-state index contributed by atoms with van der Waals surface area (Å²) in [5.41, 5.74) is 2.85. The van der Waals surface area contributed by atoms with Gasteiger partial charge in [-0.25, -0.2) is 9.87 Å². The van der Waals surface area contributed by atoms with Crippen molar-refractivity contribution in [2.75, 3.05) is 12.1 Å². The van der Waals surface area contributed by atoms with Gasteiger partial charge < -0.3 is 20.1 Å². The first-order valence-corrected chi connectivity index (χ1v) is 10.2. The van der Waals surface area contributed by atoms with Crippen LogP contribution in [0.1, 0.15) is 26.3 Å². The third-order valence-electron chi connectivity index (χ3n) is 5.10. The molecule has 1 aliphatic heterocycles. The third-order valence-corrected chi connectivity index (χ3v) is 5.10. The lowest BCUT2D eigenvalue weighted by Gasteiger charge is -2.19. The Morgan fingerprint density at radius 1 is 0.912 bits per heavy atom. The standard InChI is InChI=1S/C24H20FN3O6/c25-17-3-1-2-14(10-17)11-19(24(31)26-18-7-4-15(5-8-18)23(30)28-32)27-22(29)16-6-9-20-21(12-16)34-13-33-20/h1-10,12,19,32H,11,13H2,(H,26,31)(H,27,29)(H,28,30)/t19-/m0/s1. The summed E-state index contributed by atoms with van der Waals surface area (Å²) in [6.45, 7) is 0.0593. The molecule has 1 atom stereocenters. The lowest BCUT2D eigenvalue weighted by atomic mass is 10.0. The number of halogens is 1. The van der Waals surface area contributed by atoms with E-state index in [2.05, 4.69) is 10.6 Å². The number of anilines is 1. The summed E-state index contributed by atoms with van der Waals surface area (Å²) in [5, 5.41) is 14.1. The monoisotopic (exact) mass is 465 g/mol. The summed E-state index contributed by atoms with van der Waals surface area (Å²) in [6, 6.07) is 15.1. The van der Waals surface area contributed by atoms with E-state index in [-0.39, 0.29) is 24.3 Å². The Kier molecular flexibility index (Phi) is 6.69. The fourth-order valence-electron chi connectivity index (χ4n) is 3.39. The minimum atomic E-state index is -1.04. The molecule has 0 unspecified atom stereocenters. The molecule has 0 spiro atoms.